The standard InChI is InChI=1S/C20H19FN2O4/c1-2-27-20(26)13-7-9-15(10-8-13)22-19(25)14-11-18(24)23(12-14)17-6-4-3-5-16(17)21/h3-10,14H,2,11-12H2,1H3,(H,22,25)/t14-/m0/s1. The number of nitrogens with zero attached hydrogens (tertiary/aromatic N) is 1. The van der Waals surface area contributed by atoms with Crippen LogP contribution in [0.5, 0.6) is 0 Å². The molecule has 1 aliphatic heterocycles. The molecule has 1 fully saturated rings. The van der Waals surface area contributed by atoms with E-state index in [2.05, 4.69) is 5.32 Å². The van der Waals surface area contributed by atoms with Crippen LogP contribution in [0.25, 0.3) is 0 Å². The van der Waals surface area contributed by atoms with E-state index >= 15 is 0 Å². The smallest absolute Gasteiger partial charge is 0.338 e. The number of benzene rings is 2. The molecule has 2 amide bonds. The minimum Gasteiger partial charge on any atom is -0.462 e. The summed E-state index contributed by atoms with van der Waals surface area (Å²) in [6, 6.07) is 12.3. The summed E-state index contributed by atoms with van der Waals surface area (Å²) in [6.07, 6.45) is 0.0150. The van der Waals surface area contributed by atoms with Crippen molar-refractivity contribution in [2.24, 2.45) is 5.92 Å². The minimum absolute atomic E-state index is 0.0150. The van der Waals surface area contributed by atoms with Gasteiger partial charge in [0.05, 0.1) is 23.8 Å². The van der Waals surface area contributed by atoms with Crippen LogP contribution in [0.1, 0.15) is 23.7 Å². The molecule has 2 aromatic rings. The van der Waals surface area contributed by atoms with Crippen molar-refractivity contribution in [3.8, 4) is 0 Å². The highest BCUT2D eigenvalue weighted by atomic mass is 19.1. The number of ether oxygens (including phenoxy) is 1. The quantitative estimate of drug-likeness (QED) is 0.821. The number of carbonyl (C=O) groups is 3. The summed E-state index contributed by atoms with van der Waals surface area (Å²) < 4.78 is 18.8. The number of hydrogen-bond donors (Lipinski definition) is 1. The van der Waals surface area contributed by atoms with Gasteiger partial charge in [0.25, 0.3) is 0 Å². The van der Waals surface area contributed by atoms with Gasteiger partial charge in [0, 0.05) is 18.7 Å². The number of nitrogens with one attached hydrogen (secondary N) is 1. The highest BCUT2D eigenvalue weighted by molar-refractivity contribution is 6.03. The maximum absolute atomic E-state index is 13.9. The van der Waals surface area contributed by atoms with Gasteiger partial charge >= 0.3 is 5.97 Å². The van der Waals surface area contributed by atoms with Gasteiger partial charge in [-0.2, -0.15) is 0 Å². The third-order valence-corrected chi connectivity index (χ3v) is 4.30. The lowest BCUT2D eigenvalue weighted by molar-refractivity contribution is -0.122. The molecule has 1 heterocycles. The lowest BCUT2D eigenvalue weighted by Gasteiger charge is -2.17. The lowest BCUT2D eigenvalue weighted by atomic mass is 10.1. The first kappa shape index (κ1) is 18.6. The molecule has 0 aromatic heterocycles. The molecule has 0 unspecified atom stereocenters. The van der Waals surface area contributed by atoms with Gasteiger partial charge in [-0.3, -0.25) is 9.59 Å². The maximum Gasteiger partial charge on any atom is 0.338 e. The molecule has 0 spiro atoms. The summed E-state index contributed by atoms with van der Waals surface area (Å²) >= 11 is 0. The molecule has 7 heteroatoms. The van der Waals surface area contributed by atoms with E-state index in [0.29, 0.717) is 11.3 Å². The Morgan fingerprint density at radius 1 is 1.19 bits per heavy atom. The molecular formula is C20H19FN2O4. The molecule has 0 bridgehead atoms. The van der Waals surface area contributed by atoms with Crippen LogP contribution in [-0.2, 0) is 14.3 Å². The summed E-state index contributed by atoms with van der Waals surface area (Å²) in [5.74, 6) is -2.13. The van der Waals surface area contributed by atoms with Crippen molar-refractivity contribution in [3.63, 3.8) is 0 Å². The Morgan fingerprint density at radius 3 is 2.56 bits per heavy atom. The fourth-order valence-electron chi connectivity index (χ4n) is 2.94. The Hall–Kier alpha value is -3.22. The van der Waals surface area contributed by atoms with Gasteiger partial charge in [0.1, 0.15) is 5.82 Å². The highest BCUT2D eigenvalue weighted by Crippen LogP contribution is 2.28. The number of rotatable bonds is 5. The van der Waals surface area contributed by atoms with E-state index in [1.54, 1.807) is 43.3 Å². The van der Waals surface area contributed by atoms with Crippen LogP contribution in [-0.4, -0.2) is 30.9 Å². The third kappa shape index (κ3) is 4.13. The molecule has 6 nitrogen and oxygen atoms in total. The number of hydrogen-bond acceptors (Lipinski definition) is 4. The normalized spacial score (nSPS) is 16.3. The molecule has 0 aliphatic carbocycles. The van der Waals surface area contributed by atoms with Gasteiger partial charge in [-0.15, -0.1) is 0 Å². The number of anilines is 2. The Kier molecular flexibility index (Phi) is 5.49. The second kappa shape index (κ2) is 7.99. The van der Waals surface area contributed by atoms with Crippen molar-refractivity contribution >= 4 is 29.2 Å². The molecule has 1 atom stereocenters. The van der Waals surface area contributed by atoms with Crippen LogP contribution < -0.4 is 10.2 Å². The summed E-state index contributed by atoms with van der Waals surface area (Å²) in [5.41, 5.74) is 1.07. The van der Waals surface area contributed by atoms with Crippen LogP contribution in [0, 0.1) is 11.7 Å². The summed E-state index contributed by atoms with van der Waals surface area (Å²) in [4.78, 5) is 37.6. The van der Waals surface area contributed by atoms with Crippen LogP contribution in [0.4, 0.5) is 15.8 Å². The molecule has 1 N–H and O–H groups in total. The number of esters is 1. The minimum atomic E-state index is -0.582. The molecule has 3 rings (SSSR count). The van der Waals surface area contributed by atoms with Crippen molar-refractivity contribution in [3.05, 3.63) is 59.9 Å². The Morgan fingerprint density at radius 2 is 1.89 bits per heavy atom. The van der Waals surface area contributed by atoms with Crippen LogP contribution in [0.3, 0.4) is 0 Å². The summed E-state index contributed by atoms with van der Waals surface area (Å²) in [6.45, 7) is 2.12. The van der Waals surface area contributed by atoms with Crippen molar-refractivity contribution < 1.29 is 23.5 Å². The number of amides is 2. The van der Waals surface area contributed by atoms with E-state index in [1.807, 2.05) is 0 Å². The SMILES string of the molecule is CCOC(=O)c1ccc(NC(=O)[C@H]2CC(=O)N(c3ccccc3F)C2)cc1. The first-order valence-electron chi connectivity index (χ1n) is 8.62. The monoisotopic (exact) mass is 370 g/mol. The zero-order valence-electron chi connectivity index (χ0n) is 14.8. The second-order valence-electron chi connectivity index (χ2n) is 6.14. The van der Waals surface area contributed by atoms with Crippen LogP contribution in [0.15, 0.2) is 48.5 Å². The zero-order chi connectivity index (χ0) is 19.4. The van der Waals surface area contributed by atoms with Crippen LogP contribution >= 0.6 is 0 Å². The average molecular weight is 370 g/mol. The molecule has 0 saturated carbocycles. The van der Waals surface area contributed by atoms with Crippen molar-refractivity contribution in [1.29, 1.82) is 0 Å². The van der Waals surface area contributed by atoms with E-state index in [-0.39, 0.29) is 37.1 Å². The van der Waals surface area contributed by atoms with Gasteiger partial charge in [-0.05, 0) is 43.3 Å². The number of carbonyl (C=O) groups excluding carboxylic acids is 3. The average Bonchev–Trinajstić information content (AvgIpc) is 3.04. The van der Waals surface area contributed by atoms with Crippen molar-refractivity contribution in [2.45, 2.75) is 13.3 Å². The van der Waals surface area contributed by atoms with Gasteiger partial charge in [-0.25, -0.2) is 9.18 Å². The Labute approximate surface area is 155 Å². The molecular weight excluding hydrogens is 351 g/mol. The third-order valence-electron chi connectivity index (χ3n) is 4.30. The molecule has 1 aliphatic rings. The topological polar surface area (TPSA) is 75.7 Å². The Bertz CT molecular complexity index is 867. The van der Waals surface area contributed by atoms with E-state index in [4.69, 9.17) is 4.74 Å². The molecule has 1 saturated heterocycles. The lowest BCUT2D eigenvalue weighted by Crippen LogP contribution is -2.28. The number of para-hydroxylation sites is 1. The fraction of sp³-hybridized carbons (Fsp3) is 0.250. The second-order valence-corrected chi connectivity index (χ2v) is 6.14. The van der Waals surface area contributed by atoms with Crippen molar-refractivity contribution in [2.75, 3.05) is 23.4 Å². The van der Waals surface area contributed by atoms with E-state index < -0.39 is 17.7 Å². The van der Waals surface area contributed by atoms with E-state index in [9.17, 15) is 18.8 Å². The van der Waals surface area contributed by atoms with Gasteiger partial charge < -0.3 is 15.0 Å². The van der Waals surface area contributed by atoms with Gasteiger partial charge in [-0.1, -0.05) is 12.1 Å². The van der Waals surface area contributed by atoms with E-state index in [1.165, 1.54) is 17.0 Å². The zero-order valence-corrected chi connectivity index (χ0v) is 14.8. The maximum atomic E-state index is 13.9. The first-order chi connectivity index (χ1) is 13.0. The molecule has 2 aromatic carbocycles. The predicted octanol–water partition coefficient (Wildman–Crippen LogP) is 2.99. The summed E-state index contributed by atoms with van der Waals surface area (Å²) in [5, 5.41) is 2.73. The van der Waals surface area contributed by atoms with E-state index in [0.717, 1.165) is 0 Å². The van der Waals surface area contributed by atoms with Gasteiger partial charge in [0.15, 0.2) is 0 Å². The highest BCUT2D eigenvalue weighted by Gasteiger charge is 2.36. The van der Waals surface area contributed by atoms with Crippen molar-refractivity contribution in [1.82, 2.24) is 0 Å². The predicted molar refractivity (Wildman–Crippen MR) is 97.9 cm³/mol. The molecule has 140 valence electrons. The summed E-state index contributed by atoms with van der Waals surface area (Å²) in [7, 11) is 0. The van der Waals surface area contributed by atoms with Crippen LogP contribution in [0.2, 0.25) is 0 Å². The number of halogens is 1. The first-order valence-corrected chi connectivity index (χ1v) is 8.62. The largest absolute Gasteiger partial charge is 0.462 e. The molecule has 27 heavy (non-hydrogen) atoms. The Balaban J connectivity index is 1.64. The van der Waals surface area contributed by atoms with Gasteiger partial charge in [0.2, 0.25) is 11.8 Å². The fourth-order valence-corrected chi connectivity index (χ4v) is 2.94. The molecule has 0 radical (unpaired) electrons.